The fourth-order valence-electron chi connectivity index (χ4n) is 0.823. The van der Waals surface area contributed by atoms with Gasteiger partial charge in [-0.25, -0.2) is 0 Å². The third kappa shape index (κ3) is 1.83. The van der Waals surface area contributed by atoms with Gasteiger partial charge in [-0.3, -0.25) is 9.79 Å². The zero-order valence-corrected chi connectivity index (χ0v) is 5.50. The molecule has 0 saturated carbocycles. The maximum atomic E-state index is 10.5. The first-order chi connectivity index (χ1) is 4.29. The van der Waals surface area contributed by atoms with Crippen molar-refractivity contribution in [3.63, 3.8) is 0 Å². The molecule has 50 valence electrons. The largest absolute Gasteiger partial charge is 0.354 e. The van der Waals surface area contributed by atoms with Crippen LogP contribution < -0.4 is 0 Å². The predicted molar refractivity (Wildman–Crippen MR) is 35.6 cm³/mol. The van der Waals surface area contributed by atoms with Crippen LogP contribution in [0.25, 0.3) is 0 Å². The monoisotopic (exact) mass is 126 g/mol. The van der Waals surface area contributed by atoms with Gasteiger partial charge in [0.1, 0.15) is 5.78 Å². The Labute approximate surface area is 54.4 Å². The minimum Gasteiger partial charge on any atom is -0.354 e. The van der Waals surface area contributed by atoms with E-state index < -0.39 is 0 Å². The number of hydrogen-bond acceptors (Lipinski definition) is 3. The first kappa shape index (κ1) is 6.26. The van der Waals surface area contributed by atoms with Gasteiger partial charge in [0, 0.05) is 6.54 Å². The van der Waals surface area contributed by atoms with E-state index in [2.05, 4.69) is 4.99 Å². The molecule has 0 bridgehead atoms. The summed E-state index contributed by atoms with van der Waals surface area (Å²) in [6, 6.07) is 0. The van der Waals surface area contributed by atoms with Crippen LogP contribution in [-0.2, 0) is 4.79 Å². The Kier molecular flexibility index (Phi) is 1.82. The fraction of sp³-hybridized carbons (Fsp3) is 0.667. The lowest BCUT2D eigenvalue weighted by Crippen LogP contribution is -2.25. The van der Waals surface area contributed by atoms with Crippen molar-refractivity contribution in [1.82, 2.24) is 4.90 Å². The Hall–Kier alpha value is -0.860. The van der Waals surface area contributed by atoms with Crippen molar-refractivity contribution in [2.24, 2.45) is 4.99 Å². The molecule has 1 rings (SSSR count). The van der Waals surface area contributed by atoms with E-state index in [1.165, 1.54) is 0 Å². The van der Waals surface area contributed by atoms with E-state index in [0.29, 0.717) is 6.54 Å². The van der Waals surface area contributed by atoms with E-state index in [9.17, 15) is 4.79 Å². The van der Waals surface area contributed by atoms with E-state index in [4.69, 9.17) is 0 Å². The number of carbonyl (C=O) groups excluding carboxylic acids is 1. The zero-order chi connectivity index (χ0) is 6.69. The summed E-state index contributed by atoms with van der Waals surface area (Å²) >= 11 is 0. The first-order valence-corrected chi connectivity index (χ1v) is 3.02. The second-order valence-electron chi connectivity index (χ2n) is 2.19. The van der Waals surface area contributed by atoms with Crippen LogP contribution in [-0.4, -0.2) is 36.7 Å². The van der Waals surface area contributed by atoms with Crippen LogP contribution in [0.15, 0.2) is 4.99 Å². The second kappa shape index (κ2) is 2.62. The van der Waals surface area contributed by atoms with Gasteiger partial charge >= 0.3 is 0 Å². The standard InChI is InChI=1S/C6H10N2O/c1-6(9)4-8-3-2-7-5-8/h5H,2-4H2,1H3. The summed E-state index contributed by atoms with van der Waals surface area (Å²) in [6.07, 6.45) is 1.74. The molecule has 0 spiro atoms. The molecule has 0 fully saturated rings. The lowest BCUT2D eigenvalue weighted by Gasteiger charge is -2.09. The molecule has 0 aromatic rings. The number of rotatable bonds is 2. The van der Waals surface area contributed by atoms with Gasteiger partial charge in [-0.2, -0.15) is 0 Å². The number of carbonyl (C=O) groups is 1. The Bertz CT molecular complexity index is 142. The SMILES string of the molecule is CC(=O)CN1C=NCC1. The van der Waals surface area contributed by atoms with Crippen molar-refractivity contribution in [3.8, 4) is 0 Å². The number of ketones is 1. The first-order valence-electron chi connectivity index (χ1n) is 3.02. The van der Waals surface area contributed by atoms with Crippen molar-refractivity contribution in [2.45, 2.75) is 6.92 Å². The molecule has 9 heavy (non-hydrogen) atoms. The van der Waals surface area contributed by atoms with Crippen LogP contribution in [0.3, 0.4) is 0 Å². The van der Waals surface area contributed by atoms with Gasteiger partial charge in [-0.1, -0.05) is 0 Å². The van der Waals surface area contributed by atoms with E-state index in [1.807, 2.05) is 4.90 Å². The number of aliphatic imine (C=N–C) groups is 1. The summed E-state index contributed by atoms with van der Waals surface area (Å²) in [4.78, 5) is 16.4. The Morgan fingerprint density at radius 2 is 2.67 bits per heavy atom. The molecule has 0 amide bonds. The van der Waals surface area contributed by atoms with E-state index in [0.717, 1.165) is 13.1 Å². The average molecular weight is 126 g/mol. The van der Waals surface area contributed by atoms with Crippen molar-refractivity contribution < 1.29 is 4.79 Å². The molecule has 3 nitrogen and oxygen atoms in total. The van der Waals surface area contributed by atoms with Gasteiger partial charge in [-0.05, 0) is 6.92 Å². The zero-order valence-electron chi connectivity index (χ0n) is 5.50. The summed E-state index contributed by atoms with van der Waals surface area (Å²) in [6.45, 7) is 3.85. The van der Waals surface area contributed by atoms with Crippen molar-refractivity contribution in [1.29, 1.82) is 0 Å². The molecule has 0 aromatic heterocycles. The molecule has 0 aliphatic carbocycles. The van der Waals surface area contributed by atoms with Crippen LogP contribution in [0.5, 0.6) is 0 Å². The Balaban J connectivity index is 2.28. The average Bonchev–Trinajstić information content (AvgIpc) is 2.15. The highest BCUT2D eigenvalue weighted by atomic mass is 16.1. The predicted octanol–water partition coefficient (Wildman–Crippen LogP) is -0.0807. The molecule has 0 atom stereocenters. The third-order valence-corrected chi connectivity index (χ3v) is 1.19. The van der Waals surface area contributed by atoms with Gasteiger partial charge in [-0.15, -0.1) is 0 Å². The quantitative estimate of drug-likeness (QED) is 0.518. The number of hydrogen-bond donors (Lipinski definition) is 0. The summed E-state index contributed by atoms with van der Waals surface area (Å²) < 4.78 is 0. The normalized spacial score (nSPS) is 16.8. The third-order valence-electron chi connectivity index (χ3n) is 1.19. The Morgan fingerprint density at radius 1 is 1.89 bits per heavy atom. The molecule has 1 aliphatic heterocycles. The maximum absolute atomic E-state index is 10.5. The molecule has 1 aliphatic rings. The van der Waals surface area contributed by atoms with E-state index in [1.54, 1.807) is 13.3 Å². The van der Waals surface area contributed by atoms with Gasteiger partial charge in [0.15, 0.2) is 0 Å². The minimum absolute atomic E-state index is 0.198. The smallest absolute Gasteiger partial charge is 0.149 e. The molecule has 0 unspecified atom stereocenters. The molecule has 0 saturated heterocycles. The van der Waals surface area contributed by atoms with Gasteiger partial charge in [0.05, 0.1) is 19.4 Å². The van der Waals surface area contributed by atoms with E-state index >= 15 is 0 Å². The van der Waals surface area contributed by atoms with Gasteiger partial charge < -0.3 is 4.90 Å². The van der Waals surface area contributed by atoms with Crippen molar-refractivity contribution in [3.05, 3.63) is 0 Å². The minimum atomic E-state index is 0.198. The topological polar surface area (TPSA) is 32.7 Å². The van der Waals surface area contributed by atoms with Crippen LogP contribution in [0.4, 0.5) is 0 Å². The summed E-state index contributed by atoms with van der Waals surface area (Å²) in [5.41, 5.74) is 0. The molecule has 0 N–H and O–H groups in total. The maximum Gasteiger partial charge on any atom is 0.149 e. The number of nitrogens with zero attached hydrogens (tertiary/aromatic N) is 2. The molecular formula is C6H10N2O. The van der Waals surface area contributed by atoms with Crippen LogP contribution in [0.1, 0.15) is 6.92 Å². The highest BCUT2D eigenvalue weighted by Crippen LogP contribution is 1.91. The molecule has 0 aromatic carbocycles. The fourth-order valence-corrected chi connectivity index (χ4v) is 0.823. The van der Waals surface area contributed by atoms with Crippen molar-refractivity contribution in [2.75, 3.05) is 19.6 Å². The van der Waals surface area contributed by atoms with Gasteiger partial charge in [0.25, 0.3) is 0 Å². The van der Waals surface area contributed by atoms with E-state index in [-0.39, 0.29) is 5.78 Å². The lowest BCUT2D eigenvalue weighted by atomic mass is 10.4. The van der Waals surface area contributed by atoms with Crippen LogP contribution in [0.2, 0.25) is 0 Å². The summed E-state index contributed by atoms with van der Waals surface area (Å²) in [5.74, 6) is 0.198. The van der Waals surface area contributed by atoms with Gasteiger partial charge in [0.2, 0.25) is 0 Å². The molecular weight excluding hydrogens is 116 g/mol. The molecule has 1 heterocycles. The second-order valence-corrected chi connectivity index (χ2v) is 2.19. The Morgan fingerprint density at radius 3 is 3.11 bits per heavy atom. The highest BCUT2D eigenvalue weighted by Gasteiger charge is 2.05. The van der Waals surface area contributed by atoms with Crippen LogP contribution >= 0.6 is 0 Å². The van der Waals surface area contributed by atoms with Crippen LogP contribution in [0, 0.1) is 0 Å². The van der Waals surface area contributed by atoms with Crippen molar-refractivity contribution >= 4 is 12.1 Å². The number of Topliss-reactive ketones (excluding diaryl/α,β-unsaturated/α-hetero) is 1. The summed E-state index contributed by atoms with van der Waals surface area (Å²) in [5, 5.41) is 0. The molecule has 0 radical (unpaired) electrons. The lowest BCUT2D eigenvalue weighted by molar-refractivity contribution is -0.117. The molecule has 3 heteroatoms. The highest BCUT2D eigenvalue weighted by molar-refractivity contribution is 5.80. The summed E-state index contributed by atoms with van der Waals surface area (Å²) in [7, 11) is 0.